The Labute approximate surface area is 151 Å². The zero-order valence-corrected chi connectivity index (χ0v) is 15.9. The normalized spacial score (nSPS) is 12.7. The molecule has 0 fully saturated rings. The summed E-state index contributed by atoms with van der Waals surface area (Å²) in [7, 11) is 0. The molecule has 0 atom stereocenters. The third-order valence-electron chi connectivity index (χ3n) is 4.03. The van der Waals surface area contributed by atoms with Gasteiger partial charge in [-0.05, 0) is 65.0 Å². The van der Waals surface area contributed by atoms with Gasteiger partial charge in [-0.3, -0.25) is 9.48 Å². The van der Waals surface area contributed by atoms with E-state index < -0.39 is 10.7 Å². The Morgan fingerprint density at radius 1 is 1.16 bits per heavy atom. The number of H-pyrrole nitrogens is 1. The quantitative estimate of drug-likeness (QED) is 0.662. The molecule has 2 N–H and O–H groups in total. The lowest BCUT2D eigenvalue weighted by molar-refractivity contribution is -0.138. The van der Waals surface area contributed by atoms with Gasteiger partial charge in [-0.1, -0.05) is 0 Å². The molecule has 0 spiro atoms. The summed E-state index contributed by atoms with van der Waals surface area (Å²) in [5.41, 5.74) is 2.80. The lowest BCUT2D eigenvalue weighted by Crippen LogP contribution is -2.26. The first-order valence-corrected chi connectivity index (χ1v) is 9.00. The van der Waals surface area contributed by atoms with Crippen LogP contribution in [-0.2, 0) is 10.3 Å². The Morgan fingerprint density at radius 2 is 1.88 bits per heavy atom. The highest BCUT2D eigenvalue weighted by Crippen LogP contribution is 2.35. The van der Waals surface area contributed by atoms with E-state index in [1.807, 2.05) is 35.1 Å². The summed E-state index contributed by atoms with van der Waals surface area (Å²) in [6, 6.07) is 10.0. The number of aromatic nitrogens is 3. The highest BCUT2D eigenvalue weighted by atomic mass is 32.2. The topological polar surface area (TPSA) is 70.9 Å². The van der Waals surface area contributed by atoms with Crippen LogP contribution in [-0.4, -0.2) is 30.6 Å². The van der Waals surface area contributed by atoms with Gasteiger partial charge in [0.1, 0.15) is 10.4 Å². The Kier molecular flexibility index (Phi) is 4.19. The SMILES string of the molecule is CC(C)(Sc1ccc2[nH]c(-c3ccn(C(C)(C)C)n3)cc2c1)C(=O)O. The Bertz CT molecular complexity index is 932. The van der Waals surface area contributed by atoms with Crippen LogP contribution in [0.25, 0.3) is 22.3 Å². The zero-order chi connectivity index (χ0) is 18.4. The van der Waals surface area contributed by atoms with E-state index in [9.17, 15) is 9.90 Å². The number of fused-ring (bicyclic) bond motifs is 1. The minimum atomic E-state index is -0.863. The van der Waals surface area contributed by atoms with Crippen LogP contribution in [0.3, 0.4) is 0 Å². The molecule has 0 aliphatic rings. The number of hydrogen-bond acceptors (Lipinski definition) is 3. The Hall–Kier alpha value is -2.21. The van der Waals surface area contributed by atoms with Gasteiger partial charge in [0.15, 0.2) is 0 Å². The summed E-state index contributed by atoms with van der Waals surface area (Å²) in [6.07, 6.45) is 1.98. The number of carboxylic acids is 1. The maximum absolute atomic E-state index is 11.3. The minimum Gasteiger partial charge on any atom is -0.480 e. The van der Waals surface area contributed by atoms with Gasteiger partial charge >= 0.3 is 5.97 Å². The van der Waals surface area contributed by atoms with Crippen LogP contribution >= 0.6 is 11.8 Å². The van der Waals surface area contributed by atoms with Gasteiger partial charge in [0.05, 0.1) is 11.2 Å². The molecular formula is C19H23N3O2S. The molecule has 2 heterocycles. The largest absolute Gasteiger partial charge is 0.480 e. The number of thioether (sulfide) groups is 1. The van der Waals surface area contributed by atoms with Crippen molar-refractivity contribution in [3.8, 4) is 11.4 Å². The zero-order valence-electron chi connectivity index (χ0n) is 15.1. The number of aromatic amines is 1. The molecular weight excluding hydrogens is 334 g/mol. The van der Waals surface area contributed by atoms with Crippen LogP contribution in [0.1, 0.15) is 34.6 Å². The fourth-order valence-corrected chi connectivity index (χ4v) is 3.49. The van der Waals surface area contributed by atoms with Crippen molar-refractivity contribution >= 4 is 28.6 Å². The molecule has 2 aromatic heterocycles. The van der Waals surface area contributed by atoms with Crippen LogP contribution < -0.4 is 0 Å². The van der Waals surface area contributed by atoms with Crippen LogP contribution in [0.2, 0.25) is 0 Å². The number of rotatable bonds is 4. The van der Waals surface area contributed by atoms with Crippen molar-refractivity contribution in [3.63, 3.8) is 0 Å². The van der Waals surface area contributed by atoms with Crippen molar-refractivity contribution in [2.75, 3.05) is 0 Å². The average molecular weight is 357 g/mol. The van der Waals surface area contributed by atoms with Crippen molar-refractivity contribution in [2.45, 2.75) is 49.8 Å². The monoisotopic (exact) mass is 357 g/mol. The molecule has 3 rings (SSSR count). The molecule has 132 valence electrons. The number of nitrogens with zero attached hydrogens (tertiary/aromatic N) is 2. The number of nitrogens with one attached hydrogen (secondary N) is 1. The van der Waals surface area contributed by atoms with Crippen LogP contribution in [0.5, 0.6) is 0 Å². The van der Waals surface area contributed by atoms with Gasteiger partial charge in [0.25, 0.3) is 0 Å². The molecule has 3 aromatic rings. The molecule has 0 amide bonds. The van der Waals surface area contributed by atoms with E-state index in [2.05, 4.69) is 36.9 Å². The molecule has 25 heavy (non-hydrogen) atoms. The first-order valence-electron chi connectivity index (χ1n) is 8.18. The second kappa shape index (κ2) is 5.95. The number of carbonyl (C=O) groups is 1. The molecule has 0 saturated carbocycles. The fourth-order valence-electron chi connectivity index (χ4n) is 2.49. The Balaban J connectivity index is 1.93. The maximum atomic E-state index is 11.3. The summed E-state index contributed by atoms with van der Waals surface area (Å²) in [5.74, 6) is -0.819. The van der Waals surface area contributed by atoms with E-state index in [1.54, 1.807) is 13.8 Å². The van der Waals surface area contributed by atoms with Crippen molar-refractivity contribution in [1.29, 1.82) is 0 Å². The molecule has 0 radical (unpaired) electrons. The van der Waals surface area contributed by atoms with E-state index in [0.29, 0.717) is 0 Å². The molecule has 0 aliphatic heterocycles. The summed E-state index contributed by atoms with van der Waals surface area (Å²) < 4.78 is 1.09. The van der Waals surface area contributed by atoms with E-state index in [4.69, 9.17) is 0 Å². The smallest absolute Gasteiger partial charge is 0.319 e. The number of aliphatic carboxylic acids is 1. The molecule has 5 nitrogen and oxygen atoms in total. The summed E-state index contributed by atoms with van der Waals surface area (Å²) in [6.45, 7) is 9.77. The first-order chi connectivity index (χ1) is 11.6. The van der Waals surface area contributed by atoms with Gasteiger partial charge < -0.3 is 10.1 Å². The average Bonchev–Trinajstić information content (AvgIpc) is 3.12. The molecule has 6 heteroatoms. The second-order valence-electron chi connectivity index (χ2n) is 7.67. The van der Waals surface area contributed by atoms with Crippen molar-refractivity contribution in [2.24, 2.45) is 0 Å². The summed E-state index contributed by atoms with van der Waals surface area (Å²) >= 11 is 1.35. The number of benzene rings is 1. The summed E-state index contributed by atoms with van der Waals surface area (Å²) in [5, 5.41) is 15.0. The van der Waals surface area contributed by atoms with Gasteiger partial charge in [0, 0.05) is 22.0 Å². The van der Waals surface area contributed by atoms with E-state index in [1.165, 1.54) is 11.8 Å². The lowest BCUT2D eigenvalue weighted by atomic mass is 10.1. The predicted octanol–water partition coefficient (Wildman–Crippen LogP) is 4.74. The van der Waals surface area contributed by atoms with E-state index in [0.717, 1.165) is 27.2 Å². The summed E-state index contributed by atoms with van der Waals surface area (Å²) in [4.78, 5) is 15.6. The van der Waals surface area contributed by atoms with Gasteiger partial charge in [-0.25, -0.2) is 0 Å². The maximum Gasteiger partial charge on any atom is 0.319 e. The first kappa shape index (κ1) is 17.6. The van der Waals surface area contributed by atoms with Crippen molar-refractivity contribution in [1.82, 2.24) is 14.8 Å². The molecule has 0 bridgehead atoms. The van der Waals surface area contributed by atoms with Crippen molar-refractivity contribution in [3.05, 3.63) is 36.5 Å². The molecule has 0 saturated heterocycles. The van der Waals surface area contributed by atoms with Crippen LogP contribution in [0.15, 0.2) is 41.4 Å². The van der Waals surface area contributed by atoms with Gasteiger partial charge in [-0.15, -0.1) is 11.8 Å². The minimum absolute atomic E-state index is 0.0590. The van der Waals surface area contributed by atoms with E-state index in [-0.39, 0.29) is 5.54 Å². The predicted molar refractivity (Wildman–Crippen MR) is 102 cm³/mol. The Morgan fingerprint density at radius 3 is 2.48 bits per heavy atom. The second-order valence-corrected chi connectivity index (χ2v) is 9.36. The fraction of sp³-hybridized carbons (Fsp3) is 0.368. The standard InChI is InChI=1S/C19H23N3O2S/c1-18(2,3)22-9-8-15(21-22)16-11-12-10-13(6-7-14(12)20-16)25-19(4,5)17(23)24/h6-11,20H,1-5H3,(H,23,24). The highest BCUT2D eigenvalue weighted by Gasteiger charge is 2.28. The van der Waals surface area contributed by atoms with Crippen LogP contribution in [0.4, 0.5) is 0 Å². The third kappa shape index (κ3) is 3.58. The van der Waals surface area contributed by atoms with Crippen LogP contribution in [0, 0.1) is 0 Å². The lowest BCUT2D eigenvalue weighted by Gasteiger charge is -2.18. The van der Waals surface area contributed by atoms with Gasteiger partial charge in [-0.2, -0.15) is 5.10 Å². The van der Waals surface area contributed by atoms with Crippen molar-refractivity contribution < 1.29 is 9.90 Å². The number of carboxylic acid groups (broad SMARTS) is 1. The van der Waals surface area contributed by atoms with E-state index >= 15 is 0 Å². The number of hydrogen-bond donors (Lipinski definition) is 2. The molecule has 1 aromatic carbocycles. The molecule has 0 aliphatic carbocycles. The highest BCUT2D eigenvalue weighted by molar-refractivity contribution is 8.01. The molecule has 0 unspecified atom stereocenters. The third-order valence-corrected chi connectivity index (χ3v) is 5.21. The van der Waals surface area contributed by atoms with Gasteiger partial charge in [0.2, 0.25) is 0 Å².